The van der Waals surface area contributed by atoms with Gasteiger partial charge in [-0.2, -0.15) is 0 Å². The summed E-state index contributed by atoms with van der Waals surface area (Å²) < 4.78 is 0. The second-order valence-electron chi connectivity index (χ2n) is 4.24. The van der Waals surface area contributed by atoms with Crippen LogP contribution >= 0.6 is 0 Å². The van der Waals surface area contributed by atoms with Gasteiger partial charge in [-0.1, -0.05) is 6.07 Å². The van der Waals surface area contributed by atoms with E-state index in [1.165, 1.54) is 5.56 Å². The van der Waals surface area contributed by atoms with Gasteiger partial charge >= 0.3 is 0 Å². The van der Waals surface area contributed by atoms with Gasteiger partial charge in [0.25, 0.3) is 0 Å². The highest BCUT2D eigenvalue weighted by Gasteiger charge is 2.19. The summed E-state index contributed by atoms with van der Waals surface area (Å²) in [6.45, 7) is 5.00. The maximum atomic E-state index is 5.77. The van der Waals surface area contributed by atoms with E-state index in [0.717, 1.165) is 39.1 Å². The van der Waals surface area contributed by atoms with Crippen molar-refractivity contribution in [1.82, 2.24) is 15.2 Å². The molecule has 16 heavy (non-hydrogen) atoms. The lowest BCUT2D eigenvalue weighted by Gasteiger charge is -2.35. The quantitative estimate of drug-likeness (QED) is 0.741. The monoisotopic (exact) mass is 220 g/mol. The second kappa shape index (κ2) is 5.94. The lowest BCUT2D eigenvalue weighted by atomic mass is 10.1. The van der Waals surface area contributed by atoms with Crippen LogP contribution in [0.4, 0.5) is 0 Å². The number of pyridine rings is 1. The van der Waals surface area contributed by atoms with Crippen molar-refractivity contribution in [3.8, 4) is 0 Å². The third kappa shape index (κ3) is 3.01. The van der Waals surface area contributed by atoms with E-state index in [2.05, 4.69) is 21.3 Å². The summed E-state index contributed by atoms with van der Waals surface area (Å²) in [5.41, 5.74) is 7.07. The van der Waals surface area contributed by atoms with E-state index in [1.807, 2.05) is 18.5 Å². The van der Waals surface area contributed by atoms with Crippen molar-refractivity contribution in [2.45, 2.75) is 12.5 Å². The van der Waals surface area contributed by atoms with Crippen LogP contribution in [-0.4, -0.2) is 48.6 Å². The molecule has 0 amide bonds. The van der Waals surface area contributed by atoms with E-state index in [1.54, 1.807) is 0 Å². The van der Waals surface area contributed by atoms with E-state index >= 15 is 0 Å². The molecule has 0 aromatic carbocycles. The molecule has 2 rings (SSSR count). The molecular formula is C12H20N4. The first-order valence-corrected chi connectivity index (χ1v) is 5.94. The van der Waals surface area contributed by atoms with Crippen LogP contribution in [0.5, 0.6) is 0 Å². The van der Waals surface area contributed by atoms with Crippen molar-refractivity contribution >= 4 is 0 Å². The van der Waals surface area contributed by atoms with Gasteiger partial charge in [0.15, 0.2) is 0 Å². The van der Waals surface area contributed by atoms with Gasteiger partial charge in [-0.05, 0) is 18.1 Å². The van der Waals surface area contributed by atoms with E-state index in [-0.39, 0.29) is 0 Å². The smallest absolute Gasteiger partial charge is 0.0343 e. The molecule has 3 N–H and O–H groups in total. The Morgan fingerprint density at radius 2 is 2.50 bits per heavy atom. The van der Waals surface area contributed by atoms with Crippen LogP contribution in [0.25, 0.3) is 0 Å². The Morgan fingerprint density at radius 1 is 1.56 bits per heavy atom. The van der Waals surface area contributed by atoms with Gasteiger partial charge in [-0.25, -0.2) is 0 Å². The summed E-state index contributed by atoms with van der Waals surface area (Å²) in [5, 5.41) is 3.38. The van der Waals surface area contributed by atoms with Gasteiger partial charge in [-0.15, -0.1) is 0 Å². The standard InChI is InChI=1S/C12H20N4/c13-8-12-10-15-5-7-16(12)6-3-11-2-1-4-14-9-11/h1-2,4,9,12,15H,3,5-8,10,13H2. The summed E-state index contributed by atoms with van der Waals surface area (Å²) in [6, 6.07) is 4.62. The van der Waals surface area contributed by atoms with E-state index in [4.69, 9.17) is 5.73 Å². The molecule has 0 radical (unpaired) electrons. The van der Waals surface area contributed by atoms with Crippen LogP contribution < -0.4 is 11.1 Å². The molecule has 0 aliphatic carbocycles. The van der Waals surface area contributed by atoms with Gasteiger partial charge in [0.05, 0.1) is 0 Å². The molecule has 1 fully saturated rings. The average Bonchev–Trinajstić information content (AvgIpc) is 2.38. The minimum absolute atomic E-state index is 0.491. The molecule has 1 unspecified atom stereocenters. The molecule has 4 heteroatoms. The minimum atomic E-state index is 0.491. The first-order valence-electron chi connectivity index (χ1n) is 5.94. The number of nitrogens with two attached hydrogens (primary N) is 1. The molecule has 4 nitrogen and oxygen atoms in total. The molecule has 88 valence electrons. The third-order valence-corrected chi connectivity index (χ3v) is 3.15. The highest BCUT2D eigenvalue weighted by Crippen LogP contribution is 2.05. The lowest BCUT2D eigenvalue weighted by molar-refractivity contribution is 0.168. The van der Waals surface area contributed by atoms with Crippen molar-refractivity contribution in [3.63, 3.8) is 0 Å². The Labute approximate surface area is 96.8 Å². The summed E-state index contributed by atoms with van der Waals surface area (Å²) in [6.07, 6.45) is 4.82. The van der Waals surface area contributed by atoms with Crippen molar-refractivity contribution in [3.05, 3.63) is 30.1 Å². The number of nitrogens with one attached hydrogen (secondary N) is 1. The number of rotatable bonds is 4. The zero-order valence-corrected chi connectivity index (χ0v) is 9.60. The number of hydrogen-bond acceptors (Lipinski definition) is 4. The van der Waals surface area contributed by atoms with Gasteiger partial charge in [0.1, 0.15) is 0 Å². The third-order valence-electron chi connectivity index (χ3n) is 3.15. The maximum Gasteiger partial charge on any atom is 0.0343 e. The predicted molar refractivity (Wildman–Crippen MR) is 65.2 cm³/mol. The molecule has 1 aliphatic heterocycles. The van der Waals surface area contributed by atoms with Crippen LogP contribution in [-0.2, 0) is 6.42 Å². The topological polar surface area (TPSA) is 54.2 Å². The first kappa shape index (κ1) is 11.5. The van der Waals surface area contributed by atoms with Crippen molar-refractivity contribution in [2.24, 2.45) is 5.73 Å². The molecule has 1 aliphatic rings. The molecule has 1 aromatic rings. The number of piperazine rings is 1. The molecule has 1 saturated heterocycles. The fourth-order valence-corrected chi connectivity index (χ4v) is 2.15. The minimum Gasteiger partial charge on any atom is -0.329 e. The van der Waals surface area contributed by atoms with Crippen LogP contribution in [0.1, 0.15) is 5.56 Å². The second-order valence-corrected chi connectivity index (χ2v) is 4.24. The maximum absolute atomic E-state index is 5.77. The zero-order valence-electron chi connectivity index (χ0n) is 9.60. The number of hydrogen-bond donors (Lipinski definition) is 2. The average molecular weight is 220 g/mol. The number of nitrogens with zero attached hydrogens (tertiary/aromatic N) is 2. The molecule has 0 spiro atoms. The van der Waals surface area contributed by atoms with Gasteiger partial charge in [-0.3, -0.25) is 9.88 Å². The Morgan fingerprint density at radius 3 is 3.25 bits per heavy atom. The largest absolute Gasteiger partial charge is 0.329 e. The van der Waals surface area contributed by atoms with E-state index in [0.29, 0.717) is 6.04 Å². The number of aromatic nitrogens is 1. The van der Waals surface area contributed by atoms with Crippen LogP contribution in [0.15, 0.2) is 24.5 Å². The fraction of sp³-hybridized carbons (Fsp3) is 0.583. The Balaban J connectivity index is 1.84. The summed E-state index contributed by atoms with van der Waals surface area (Å²) >= 11 is 0. The van der Waals surface area contributed by atoms with Crippen molar-refractivity contribution < 1.29 is 0 Å². The molecular weight excluding hydrogens is 200 g/mol. The molecule has 0 saturated carbocycles. The highest BCUT2D eigenvalue weighted by molar-refractivity contribution is 5.08. The van der Waals surface area contributed by atoms with E-state index in [9.17, 15) is 0 Å². The van der Waals surface area contributed by atoms with Gasteiger partial charge in [0, 0.05) is 51.2 Å². The Hall–Kier alpha value is -0.970. The summed E-state index contributed by atoms with van der Waals surface area (Å²) in [7, 11) is 0. The first-order chi connectivity index (χ1) is 7.90. The molecule has 1 atom stereocenters. The van der Waals surface area contributed by atoms with Crippen LogP contribution in [0, 0.1) is 0 Å². The molecule has 2 heterocycles. The Bertz CT molecular complexity index is 301. The van der Waals surface area contributed by atoms with Crippen molar-refractivity contribution in [2.75, 3.05) is 32.7 Å². The lowest BCUT2D eigenvalue weighted by Crippen LogP contribution is -2.54. The predicted octanol–water partition coefficient (Wildman–Crippen LogP) is -0.143. The van der Waals surface area contributed by atoms with E-state index < -0.39 is 0 Å². The highest BCUT2D eigenvalue weighted by atomic mass is 15.2. The molecule has 0 bridgehead atoms. The van der Waals surface area contributed by atoms with Crippen molar-refractivity contribution in [1.29, 1.82) is 0 Å². The summed E-state index contributed by atoms with van der Waals surface area (Å²) in [4.78, 5) is 6.61. The zero-order chi connectivity index (χ0) is 11.2. The SMILES string of the molecule is NCC1CNCCN1CCc1cccnc1. The normalized spacial score (nSPS) is 22.2. The fourth-order valence-electron chi connectivity index (χ4n) is 2.15. The van der Waals surface area contributed by atoms with Gasteiger partial charge in [0.2, 0.25) is 0 Å². The van der Waals surface area contributed by atoms with Crippen LogP contribution in [0.2, 0.25) is 0 Å². The van der Waals surface area contributed by atoms with Gasteiger partial charge < -0.3 is 11.1 Å². The summed E-state index contributed by atoms with van der Waals surface area (Å²) in [5.74, 6) is 0. The Kier molecular flexibility index (Phi) is 4.27. The molecule has 1 aromatic heterocycles. The van der Waals surface area contributed by atoms with Crippen LogP contribution in [0.3, 0.4) is 0 Å².